The Kier molecular flexibility index (Phi) is 13.1. The summed E-state index contributed by atoms with van der Waals surface area (Å²) in [5, 5.41) is 13.8. The molecule has 56 heavy (non-hydrogen) atoms. The van der Waals surface area contributed by atoms with Gasteiger partial charge in [-0.05, 0) is 74.9 Å². The molecule has 2 bridgehead atoms. The number of hydrogen-bond acceptors (Lipinski definition) is 8. The Morgan fingerprint density at radius 3 is 2.27 bits per heavy atom. The highest BCUT2D eigenvalue weighted by Gasteiger charge is 2.75. The predicted molar refractivity (Wildman–Crippen MR) is 216 cm³/mol. The highest BCUT2D eigenvalue weighted by molar-refractivity contribution is 6.05. The number of esters is 1. The molecule has 296 valence electrons. The van der Waals surface area contributed by atoms with Gasteiger partial charge in [-0.1, -0.05) is 72.8 Å². The van der Waals surface area contributed by atoms with Crippen LogP contribution in [0.2, 0.25) is 0 Å². The molecule has 2 N–H and O–H groups in total. The second-order valence-electron chi connectivity index (χ2n) is 14.7. The standard InChI is InChI=1S/C45H54N4O7/c1-5-9-20-38(51)46-29-37(32-18-14-11-15-19-32)55-44(54)39-36-25-26-45(56-36)40(39)42(52)49(35(30-50)28-31-16-12-10-13-17-31)41(45)43(53)48(27-6-2)34-23-21-33(22-24-34)47(7-3)8-4/h5-6,10-19,21-24,35-37,39-41,50H,1-2,7-9,20,25-30H2,3-4H3,(H,46,51)/t35-,36-,37+,39+,40+,41-,45+/m1/s1. The van der Waals surface area contributed by atoms with E-state index in [1.165, 1.54) is 4.90 Å². The van der Waals surface area contributed by atoms with Crippen LogP contribution in [-0.4, -0.2) is 90.3 Å². The third kappa shape index (κ3) is 8.01. The summed E-state index contributed by atoms with van der Waals surface area (Å²) in [6.45, 7) is 13.3. The van der Waals surface area contributed by atoms with Crippen molar-refractivity contribution in [2.45, 2.75) is 75.8 Å². The Bertz CT molecular complexity index is 1850. The van der Waals surface area contributed by atoms with Crippen molar-refractivity contribution in [1.82, 2.24) is 10.2 Å². The molecule has 3 saturated heterocycles. The van der Waals surface area contributed by atoms with E-state index < -0.39 is 60.2 Å². The first-order valence-electron chi connectivity index (χ1n) is 19.8. The second-order valence-corrected chi connectivity index (χ2v) is 14.7. The number of ether oxygens (including phenoxy) is 2. The lowest BCUT2D eigenvalue weighted by Gasteiger charge is -2.39. The number of fused-ring (bicyclic) bond motifs is 1. The van der Waals surface area contributed by atoms with Gasteiger partial charge in [-0.2, -0.15) is 0 Å². The molecule has 3 aliphatic rings. The number of aliphatic hydroxyl groups excluding tert-OH is 1. The molecular formula is C45H54N4O7. The molecule has 3 heterocycles. The predicted octanol–water partition coefficient (Wildman–Crippen LogP) is 5.40. The number of carbonyl (C=O) groups is 4. The third-order valence-electron chi connectivity index (χ3n) is 11.5. The maximum atomic E-state index is 15.2. The van der Waals surface area contributed by atoms with E-state index in [4.69, 9.17) is 9.47 Å². The van der Waals surface area contributed by atoms with Crippen LogP contribution in [0.15, 0.2) is 110 Å². The van der Waals surface area contributed by atoms with Crippen LogP contribution in [-0.2, 0) is 35.1 Å². The van der Waals surface area contributed by atoms with Crippen LogP contribution in [0.3, 0.4) is 0 Å². The highest BCUT2D eigenvalue weighted by Crippen LogP contribution is 2.59. The summed E-state index contributed by atoms with van der Waals surface area (Å²) in [7, 11) is 0. The first kappa shape index (κ1) is 40.4. The first-order valence-corrected chi connectivity index (χ1v) is 19.8. The maximum Gasteiger partial charge on any atom is 0.313 e. The zero-order chi connectivity index (χ0) is 39.8. The summed E-state index contributed by atoms with van der Waals surface area (Å²) in [5.74, 6) is -3.66. The van der Waals surface area contributed by atoms with E-state index in [0.717, 1.165) is 24.3 Å². The molecule has 0 aromatic heterocycles. The van der Waals surface area contributed by atoms with Gasteiger partial charge in [0.15, 0.2) is 0 Å². The fraction of sp³-hybridized carbons (Fsp3) is 0.422. The smallest absolute Gasteiger partial charge is 0.313 e. The van der Waals surface area contributed by atoms with Crippen molar-refractivity contribution in [2.75, 3.05) is 42.6 Å². The molecule has 7 atom stereocenters. The van der Waals surface area contributed by atoms with Crippen LogP contribution in [0, 0.1) is 11.8 Å². The molecule has 3 aromatic rings. The number of hydrogen-bond donors (Lipinski definition) is 2. The van der Waals surface area contributed by atoms with E-state index in [9.17, 15) is 14.7 Å². The summed E-state index contributed by atoms with van der Waals surface area (Å²) >= 11 is 0. The zero-order valence-electron chi connectivity index (χ0n) is 32.4. The van der Waals surface area contributed by atoms with E-state index >= 15 is 9.59 Å². The SMILES string of the molecule is C=CCCC(=O)NC[C@H](OC(=O)[C@@H]1[C@H]2C(=O)N([C@@H](CO)Cc3ccccc3)[C@H](C(=O)N(CC=C)c3ccc(N(CC)CC)cc3)[C@]23CC[C@H]1O3)c1ccccc1. The van der Waals surface area contributed by atoms with Gasteiger partial charge in [0.1, 0.15) is 17.7 Å². The van der Waals surface area contributed by atoms with E-state index in [2.05, 4.69) is 37.2 Å². The minimum absolute atomic E-state index is 0.0359. The van der Waals surface area contributed by atoms with Gasteiger partial charge in [0.2, 0.25) is 11.8 Å². The number of nitrogens with one attached hydrogen (secondary N) is 1. The molecule has 0 saturated carbocycles. The fourth-order valence-corrected chi connectivity index (χ4v) is 8.84. The average molecular weight is 763 g/mol. The molecule has 3 aliphatic heterocycles. The lowest BCUT2D eigenvalue weighted by molar-refractivity contribution is -0.161. The fourth-order valence-electron chi connectivity index (χ4n) is 8.84. The molecule has 0 radical (unpaired) electrons. The Hall–Kier alpha value is -5.26. The van der Waals surface area contributed by atoms with Gasteiger partial charge in [-0.3, -0.25) is 19.2 Å². The summed E-state index contributed by atoms with van der Waals surface area (Å²) in [6.07, 6.45) is 3.69. The Morgan fingerprint density at radius 1 is 0.982 bits per heavy atom. The van der Waals surface area contributed by atoms with E-state index in [1.807, 2.05) is 84.9 Å². The van der Waals surface area contributed by atoms with Crippen LogP contribution in [0.4, 0.5) is 11.4 Å². The molecule has 0 unspecified atom stereocenters. The van der Waals surface area contributed by atoms with Crippen molar-refractivity contribution in [1.29, 1.82) is 0 Å². The number of rotatable bonds is 19. The highest BCUT2D eigenvalue weighted by atomic mass is 16.6. The molecule has 3 aromatic carbocycles. The average Bonchev–Trinajstić information content (AvgIpc) is 3.88. The minimum Gasteiger partial charge on any atom is -0.455 e. The molecule has 6 rings (SSSR count). The van der Waals surface area contributed by atoms with Gasteiger partial charge < -0.3 is 34.6 Å². The van der Waals surface area contributed by atoms with E-state index in [0.29, 0.717) is 30.5 Å². The van der Waals surface area contributed by atoms with Gasteiger partial charge in [-0.25, -0.2) is 0 Å². The molecule has 1 spiro atoms. The van der Waals surface area contributed by atoms with Gasteiger partial charge in [0.05, 0.1) is 37.1 Å². The Balaban J connectivity index is 1.36. The van der Waals surface area contributed by atoms with Gasteiger partial charge in [-0.15, -0.1) is 13.2 Å². The number of nitrogens with zero attached hydrogens (tertiary/aromatic N) is 3. The summed E-state index contributed by atoms with van der Waals surface area (Å²) in [6, 6.07) is 24.5. The molecule has 11 heteroatoms. The second kappa shape index (κ2) is 18.1. The lowest BCUT2D eigenvalue weighted by atomic mass is 9.70. The van der Waals surface area contributed by atoms with Crippen molar-refractivity contribution >= 4 is 35.1 Å². The van der Waals surface area contributed by atoms with Crippen molar-refractivity contribution in [3.05, 3.63) is 121 Å². The maximum absolute atomic E-state index is 15.2. The van der Waals surface area contributed by atoms with E-state index in [-0.39, 0.29) is 37.7 Å². The molecule has 11 nitrogen and oxygen atoms in total. The van der Waals surface area contributed by atoms with Crippen molar-refractivity contribution in [2.24, 2.45) is 11.8 Å². The topological polar surface area (TPSA) is 129 Å². The number of allylic oxidation sites excluding steroid dienone is 1. The van der Waals surface area contributed by atoms with Gasteiger partial charge in [0.25, 0.3) is 5.91 Å². The van der Waals surface area contributed by atoms with Crippen molar-refractivity contribution in [3.63, 3.8) is 0 Å². The summed E-state index contributed by atoms with van der Waals surface area (Å²) < 4.78 is 13.0. The van der Waals surface area contributed by atoms with Crippen LogP contribution in [0.1, 0.15) is 56.8 Å². The van der Waals surface area contributed by atoms with Crippen LogP contribution >= 0.6 is 0 Å². The molecular weight excluding hydrogens is 709 g/mol. The van der Waals surface area contributed by atoms with E-state index in [1.54, 1.807) is 17.1 Å². The quantitative estimate of drug-likeness (QED) is 0.123. The molecule has 0 aliphatic carbocycles. The van der Waals surface area contributed by atoms with Crippen LogP contribution < -0.4 is 15.1 Å². The van der Waals surface area contributed by atoms with Crippen LogP contribution in [0.25, 0.3) is 0 Å². The monoisotopic (exact) mass is 762 g/mol. The number of anilines is 2. The Labute approximate surface area is 329 Å². The Morgan fingerprint density at radius 2 is 1.64 bits per heavy atom. The normalized spacial score (nSPS) is 23.2. The first-order chi connectivity index (χ1) is 27.2. The minimum atomic E-state index is -1.34. The molecule has 3 fully saturated rings. The van der Waals surface area contributed by atoms with Crippen LogP contribution in [0.5, 0.6) is 0 Å². The zero-order valence-corrected chi connectivity index (χ0v) is 32.4. The number of aliphatic hydroxyl groups is 1. The number of likely N-dealkylation sites (tertiary alicyclic amines) is 1. The summed E-state index contributed by atoms with van der Waals surface area (Å²) in [5.41, 5.74) is 1.89. The number of amides is 3. The van der Waals surface area contributed by atoms with Gasteiger partial charge in [0, 0.05) is 37.4 Å². The molecule has 3 amide bonds. The largest absolute Gasteiger partial charge is 0.455 e. The third-order valence-corrected chi connectivity index (χ3v) is 11.5. The number of benzene rings is 3. The summed E-state index contributed by atoms with van der Waals surface area (Å²) in [4.78, 5) is 62.6. The lowest BCUT2D eigenvalue weighted by Crippen LogP contribution is -2.59. The van der Waals surface area contributed by atoms with Crippen molar-refractivity contribution < 1.29 is 33.8 Å². The van der Waals surface area contributed by atoms with Gasteiger partial charge >= 0.3 is 5.97 Å². The van der Waals surface area contributed by atoms with Crippen molar-refractivity contribution in [3.8, 4) is 0 Å². The number of carbonyl (C=O) groups excluding carboxylic acids is 4.